The first kappa shape index (κ1) is 23.1. The first-order valence-electron chi connectivity index (χ1n) is 10.4. The second-order valence-corrected chi connectivity index (χ2v) is 9.06. The van der Waals surface area contributed by atoms with E-state index in [1.165, 1.54) is 6.26 Å². The fraction of sp³-hybridized carbons (Fsp3) is 0.375. The highest BCUT2D eigenvalue weighted by molar-refractivity contribution is 5.95. The van der Waals surface area contributed by atoms with Gasteiger partial charge >= 0.3 is 0 Å². The maximum absolute atomic E-state index is 13.3. The van der Waals surface area contributed by atoms with Crippen LogP contribution in [0.2, 0.25) is 0 Å². The molecule has 3 N–H and O–H groups in total. The lowest BCUT2D eigenvalue weighted by molar-refractivity contribution is 0.0715. The topological polar surface area (TPSA) is 117 Å². The van der Waals surface area contributed by atoms with Crippen LogP contribution < -0.4 is 16.6 Å². The van der Waals surface area contributed by atoms with Gasteiger partial charge in [-0.3, -0.25) is 9.59 Å². The molecule has 2 aromatic heterocycles. The maximum Gasteiger partial charge on any atom is 0.289 e. The highest BCUT2D eigenvalue weighted by atomic mass is 16.3. The Kier molecular flexibility index (Phi) is 6.42. The zero-order valence-corrected chi connectivity index (χ0v) is 18.8. The summed E-state index contributed by atoms with van der Waals surface area (Å²) in [5, 5.41) is 10.8. The predicted octanol–water partition coefficient (Wildman–Crippen LogP) is 3.64. The zero-order chi connectivity index (χ0) is 22.2. The molecule has 1 aliphatic rings. The molecular formula is C24H29N5O3. The van der Waals surface area contributed by atoms with E-state index in [1.807, 2.05) is 24.3 Å². The number of hydrogen-bond donors (Lipinski definition) is 1. The lowest BCUT2D eigenvalue weighted by atomic mass is 9.96. The molecule has 1 aliphatic heterocycles. The molecule has 0 aliphatic carbocycles. The molecular weight excluding hydrogens is 406 g/mol. The van der Waals surface area contributed by atoms with E-state index in [0.717, 1.165) is 10.9 Å². The second kappa shape index (κ2) is 8.89. The molecule has 1 amide bonds. The van der Waals surface area contributed by atoms with Crippen molar-refractivity contribution in [1.82, 2.24) is 15.6 Å². The molecule has 1 aromatic carbocycles. The van der Waals surface area contributed by atoms with Crippen molar-refractivity contribution in [3.05, 3.63) is 64.3 Å². The number of fused-ring (bicyclic) bond motifs is 1. The number of pyridine rings is 1. The van der Waals surface area contributed by atoms with Crippen LogP contribution in [0.3, 0.4) is 0 Å². The summed E-state index contributed by atoms with van der Waals surface area (Å²) < 4.78 is 6.95. The highest BCUT2D eigenvalue weighted by Gasteiger charge is 2.28. The molecule has 0 atom stereocenters. The summed E-state index contributed by atoms with van der Waals surface area (Å²) >= 11 is 0. The maximum atomic E-state index is 13.3. The number of benzene rings is 1. The van der Waals surface area contributed by atoms with E-state index in [0.29, 0.717) is 44.2 Å². The van der Waals surface area contributed by atoms with Crippen molar-refractivity contribution in [3.8, 4) is 6.07 Å². The summed E-state index contributed by atoms with van der Waals surface area (Å²) in [6.07, 6.45) is 1.49. The van der Waals surface area contributed by atoms with Gasteiger partial charge < -0.3 is 24.9 Å². The van der Waals surface area contributed by atoms with E-state index in [1.54, 1.807) is 21.6 Å². The molecule has 1 fully saturated rings. The Labute approximate surface area is 187 Å². The monoisotopic (exact) mass is 435 g/mol. The molecule has 8 nitrogen and oxygen atoms in total. The molecule has 3 aromatic rings. The van der Waals surface area contributed by atoms with E-state index < -0.39 is 0 Å². The summed E-state index contributed by atoms with van der Waals surface area (Å²) in [6.45, 7) is 8.79. The van der Waals surface area contributed by atoms with Crippen LogP contribution in [0.15, 0.2) is 51.9 Å². The first-order valence-corrected chi connectivity index (χ1v) is 10.4. The van der Waals surface area contributed by atoms with Crippen molar-refractivity contribution in [2.24, 2.45) is 5.41 Å². The van der Waals surface area contributed by atoms with Crippen LogP contribution in [0, 0.1) is 16.7 Å². The number of rotatable bonds is 3. The van der Waals surface area contributed by atoms with Crippen molar-refractivity contribution in [2.75, 3.05) is 31.1 Å². The number of anilines is 1. The van der Waals surface area contributed by atoms with Gasteiger partial charge in [0.15, 0.2) is 5.76 Å². The summed E-state index contributed by atoms with van der Waals surface area (Å²) in [6, 6.07) is 13.3. The lowest BCUT2D eigenvalue weighted by Gasteiger charge is -2.37. The highest BCUT2D eigenvalue weighted by Crippen LogP contribution is 2.31. The summed E-state index contributed by atoms with van der Waals surface area (Å²) in [7, 11) is 0. The summed E-state index contributed by atoms with van der Waals surface area (Å²) in [5.41, 5.74) is 1.27. The largest absolute Gasteiger partial charge is 0.459 e. The molecule has 168 valence electrons. The van der Waals surface area contributed by atoms with Gasteiger partial charge in [-0.1, -0.05) is 39.0 Å². The third-order valence-corrected chi connectivity index (χ3v) is 5.51. The Bertz CT molecular complexity index is 1210. The molecule has 8 heteroatoms. The Hall–Kier alpha value is -3.57. The SMILES string of the molecule is CC(C)(C)Cn1c(=O)c(C#N)c(N2CCN(C(=O)c3ccco3)CC2)c2ccccc21.N. The van der Waals surface area contributed by atoms with Crippen LogP contribution in [0.25, 0.3) is 10.9 Å². The number of carbonyl (C=O) groups is 1. The van der Waals surface area contributed by atoms with E-state index in [-0.39, 0.29) is 28.6 Å². The summed E-state index contributed by atoms with van der Waals surface area (Å²) in [4.78, 5) is 29.7. The molecule has 0 saturated carbocycles. The Morgan fingerprint density at radius 1 is 1.09 bits per heavy atom. The van der Waals surface area contributed by atoms with Gasteiger partial charge in [0.2, 0.25) is 0 Å². The van der Waals surface area contributed by atoms with Gasteiger partial charge in [0, 0.05) is 38.1 Å². The first-order chi connectivity index (χ1) is 14.8. The molecule has 3 heterocycles. The minimum absolute atomic E-state index is 0. The third-order valence-electron chi connectivity index (χ3n) is 5.51. The Morgan fingerprint density at radius 2 is 1.78 bits per heavy atom. The molecule has 0 bridgehead atoms. The van der Waals surface area contributed by atoms with Crippen molar-refractivity contribution in [2.45, 2.75) is 27.3 Å². The van der Waals surface area contributed by atoms with Gasteiger partial charge in [-0.2, -0.15) is 5.26 Å². The smallest absolute Gasteiger partial charge is 0.289 e. The molecule has 32 heavy (non-hydrogen) atoms. The number of nitriles is 1. The number of carbonyl (C=O) groups excluding carboxylic acids is 1. The van der Waals surface area contributed by atoms with Crippen LogP contribution in [0.5, 0.6) is 0 Å². The number of piperazine rings is 1. The number of hydrogen-bond acceptors (Lipinski definition) is 6. The Morgan fingerprint density at radius 3 is 2.38 bits per heavy atom. The van der Waals surface area contributed by atoms with E-state index in [9.17, 15) is 14.9 Å². The standard InChI is InChI=1S/C24H26N4O3.H3N/c1-24(2,3)16-28-19-8-5-4-7-17(19)21(18(15-25)22(28)29)26-10-12-27(13-11-26)23(30)20-9-6-14-31-20;/h4-9,14H,10-13,16H2,1-3H3;1H3. The summed E-state index contributed by atoms with van der Waals surface area (Å²) in [5.74, 6) is 0.178. The minimum Gasteiger partial charge on any atom is -0.459 e. The van der Waals surface area contributed by atoms with Crippen LogP contribution in [0.1, 0.15) is 36.9 Å². The Balaban J connectivity index is 0.00000289. The average Bonchev–Trinajstić information content (AvgIpc) is 3.29. The number of aromatic nitrogens is 1. The van der Waals surface area contributed by atoms with Crippen molar-refractivity contribution in [3.63, 3.8) is 0 Å². The molecule has 0 radical (unpaired) electrons. The average molecular weight is 436 g/mol. The van der Waals surface area contributed by atoms with Crippen molar-refractivity contribution in [1.29, 1.82) is 5.26 Å². The zero-order valence-electron chi connectivity index (χ0n) is 18.8. The van der Waals surface area contributed by atoms with Gasteiger partial charge in [-0.25, -0.2) is 0 Å². The minimum atomic E-state index is -0.264. The third kappa shape index (κ3) is 4.25. The normalized spacial score (nSPS) is 14.2. The van der Waals surface area contributed by atoms with Crippen LogP contribution in [0.4, 0.5) is 5.69 Å². The van der Waals surface area contributed by atoms with Gasteiger partial charge in [-0.15, -0.1) is 0 Å². The van der Waals surface area contributed by atoms with Gasteiger partial charge in [0.25, 0.3) is 11.5 Å². The second-order valence-electron chi connectivity index (χ2n) is 9.06. The van der Waals surface area contributed by atoms with Crippen LogP contribution in [-0.4, -0.2) is 41.6 Å². The molecule has 0 spiro atoms. The van der Waals surface area contributed by atoms with Crippen LogP contribution >= 0.6 is 0 Å². The predicted molar refractivity (Wildman–Crippen MR) is 124 cm³/mol. The molecule has 1 saturated heterocycles. The number of para-hydroxylation sites is 1. The number of furan rings is 1. The van der Waals surface area contributed by atoms with E-state index >= 15 is 0 Å². The quantitative estimate of drug-likeness (QED) is 0.671. The lowest BCUT2D eigenvalue weighted by Crippen LogP contribution is -2.49. The fourth-order valence-corrected chi connectivity index (χ4v) is 4.14. The van der Waals surface area contributed by atoms with Gasteiger partial charge in [0.05, 0.1) is 17.5 Å². The van der Waals surface area contributed by atoms with E-state index in [4.69, 9.17) is 4.42 Å². The van der Waals surface area contributed by atoms with Crippen molar-refractivity contribution >= 4 is 22.5 Å². The van der Waals surface area contributed by atoms with E-state index in [2.05, 4.69) is 31.7 Å². The fourth-order valence-electron chi connectivity index (χ4n) is 4.14. The van der Waals surface area contributed by atoms with Gasteiger partial charge in [-0.05, 0) is 23.6 Å². The van der Waals surface area contributed by atoms with Crippen LogP contribution in [-0.2, 0) is 6.54 Å². The van der Waals surface area contributed by atoms with Gasteiger partial charge in [0.1, 0.15) is 11.6 Å². The number of amides is 1. The number of nitrogens with zero attached hydrogens (tertiary/aromatic N) is 4. The van der Waals surface area contributed by atoms with Crippen molar-refractivity contribution < 1.29 is 9.21 Å². The molecule has 4 rings (SSSR count). The molecule has 0 unspecified atom stereocenters.